The summed E-state index contributed by atoms with van der Waals surface area (Å²) in [4.78, 5) is 108. The van der Waals surface area contributed by atoms with Gasteiger partial charge in [-0.2, -0.15) is 39.5 Å². The summed E-state index contributed by atoms with van der Waals surface area (Å²) in [7, 11) is 0. The van der Waals surface area contributed by atoms with Crippen molar-refractivity contribution >= 4 is 128 Å². The molecular weight excluding hydrogens is 2020 g/mol. The van der Waals surface area contributed by atoms with E-state index in [0.717, 1.165) is 139 Å². The molecule has 12 heterocycles. The van der Waals surface area contributed by atoms with Crippen LogP contribution in [0.2, 0.25) is 25.1 Å². The number of hydrogen-bond donors (Lipinski definition) is 7. The highest BCUT2D eigenvalue weighted by atomic mass is 35.5. The molecule has 148 heavy (non-hydrogen) atoms. The highest BCUT2D eigenvalue weighted by Crippen LogP contribution is 2.39. The van der Waals surface area contributed by atoms with Crippen LogP contribution in [-0.4, -0.2) is 131 Å². The van der Waals surface area contributed by atoms with Crippen molar-refractivity contribution in [2.45, 2.75) is 78.6 Å². The van der Waals surface area contributed by atoms with Crippen molar-refractivity contribution in [1.82, 2.24) is 60.5 Å². The number of piperazine rings is 2. The zero-order valence-corrected chi connectivity index (χ0v) is 83.3. The zero-order chi connectivity index (χ0) is 106. The van der Waals surface area contributed by atoms with Crippen molar-refractivity contribution in [3.63, 3.8) is 0 Å². The molecule has 0 aliphatic carbocycles. The van der Waals surface area contributed by atoms with Crippen molar-refractivity contribution in [1.29, 1.82) is 0 Å². The SMILES string of the molecule is CCc1ccnc(-c2cc(NC(=O)c3ccc(C(F)(F)F)nc3C)ccc2Cl)c1.C[C@@H]1CN(c2ccc(C(=O)Nc3ccc(Cl)c(-c4ccccn4)c3)cn2)CCN1.C[C@H]1CN(c2ccc(C(=O)Nc3ccc(Cl)c(-c4ccccn4)c3)cn2)CCN1.Cc1nc(C(F)(F)F)ccc1C(=O)Nc1ccc(Cl)c(-c2ccc(-c3ccccc3)cn2)c1.Cc1nc(C(F)(F)F)ccc1C(=O)Nc1ccc(Cl)c(-c2ccc(F)cn2)c1. The third-order valence-electron chi connectivity index (χ3n) is 22.9. The van der Waals surface area contributed by atoms with E-state index in [-0.39, 0.29) is 45.6 Å². The van der Waals surface area contributed by atoms with Gasteiger partial charge in [-0.1, -0.05) is 113 Å². The number of aryl methyl sites for hydroxylation is 4. The molecule has 0 unspecified atom stereocenters. The number of pyridine rings is 10. The molecule has 16 aromatic rings. The number of carbonyl (C=O) groups excluding carboxylic acids is 5. The van der Waals surface area contributed by atoms with Crippen LogP contribution < -0.4 is 47.0 Å². The van der Waals surface area contributed by atoms with E-state index in [4.69, 9.17) is 58.0 Å². The van der Waals surface area contributed by atoms with Gasteiger partial charge in [0.15, 0.2) is 0 Å². The van der Waals surface area contributed by atoms with Gasteiger partial charge in [0.05, 0.1) is 105 Å². The normalized spacial score (nSPS) is 13.4. The lowest BCUT2D eigenvalue weighted by molar-refractivity contribution is -0.142. The molecule has 0 saturated carbocycles. The minimum absolute atomic E-state index is 0.00408. The third kappa shape index (κ3) is 29.0. The summed E-state index contributed by atoms with van der Waals surface area (Å²) in [6.07, 6.45) is -1.77. The van der Waals surface area contributed by atoms with E-state index in [2.05, 4.69) is 111 Å². The number of amides is 5. The van der Waals surface area contributed by atoms with Crippen LogP contribution in [0.5, 0.6) is 0 Å². The molecular formula is C109H90Cl5F10N19O5. The predicted octanol–water partition coefficient (Wildman–Crippen LogP) is 26.2. The average molecular weight is 2110 g/mol. The first-order valence-corrected chi connectivity index (χ1v) is 47.6. The summed E-state index contributed by atoms with van der Waals surface area (Å²) in [6, 6.07) is 70.3. The van der Waals surface area contributed by atoms with Gasteiger partial charge in [-0.3, -0.25) is 48.9 Å². The van der Waals surface area contributed by atoms with Gasteiger partial charge >= 0.3 is 18.5 Å². The van der Waals surface area contributed by atoms with Crippen LogP contribution in [0.3, 0.4) is 0 Å². The fourth-order valence-corrected chi connectivity index (χ4v) is 16.4. The van der Waals surface area contributed by atoms with E-state index < -0.39 is 59.1 Å². The van der Waals surface area contributed by atoms with Gasteiger partial charge in [-0.25, -0.2) is 29.3 Å². The van der Waals surface area contributed by atoms with Gasteiger partial charge in [0.25, 0.3) is 29.5 Å². The largest absolute Gasteiger partial charge is 0.433 e. The second kappa shape index (κ2) is 49.1. The summed E-state index contributed by atoms with van der Waals surface area (Å²) in [5, 5.41) is 23.0. The Morgan fingerprint density at radius 3 is 1.00 bits per heavy atom. The van der Waals surface area contributed by atoms with Gasteiger partial charge in [0.2, 0.25) is 0 Å². The number of benzene rings is 6. The Morgan fingerprint density at radius 2 is 0.689 bits per heavy atom. The van der Waals surface area contributed by atoms with E-state index in [1.54, 1.807) is 110 Å². The molecule has 2 fully saturated rings. The number of anilines is 7. The van der Waals surface area contributed by atoms with Gasteiger partial charge in [-0.05, 0) is 258 Å². The van der Waals surface area contributed by atoms with Crippen molar-refractivity contribution < 1.29 is 67.9 Å². The first kappa shape index (κ1) is 108. The van der Waals surface area contributed by atoms with Gasteiger partial charge < -0.3 is 47.0 Å². The Bertz CT molecular complexity index is 7270. The van der Waals surface area contributed by atoms with Gasteiger partial charge in [0, 0.05) is 150 Å². The summed E-state index contributed by atoms with van der Waals surface area (Å²) < 4.78 is 128. The molecule has 0 radical (unpaired) electrons. The van der Waals surface area contributed by atoms with E-state index >= 15 is 0 Å². The summed E-state index contributed by atoms with van der Waals surface area (Å²) >= 11 is 31.4. The van der Waals surface area contributed by atoms with Crippen molar-refractivity contribution in [3.8, 4) is 67.4 Å². The molecule has 0 spiro atoms. The molecule has 2 saturated heterocycles. The highest BCUT2D eigenvalue weighted by molar-refractivity contribution is 6.35. The number of aromatic nitrogens is 10. The van der Waals surface area contributed by atoms with Crippen LogP contribution >= 0.6 is 58.0 Å². The zero-order valence-electron chi connectivity index (χ0n) is 79.5. The van der Waals surface area contributed by atoms with Crippen LogP contribution in [0.1, 0.15) is 112 Å². The lowest BCUT2D eigenvalue weighted by atomic mass is 10.1. The predicted molar refractivity (Wildman–Crippen MR) is 558 cm³/mol. The quantitative estimate of drug-likeness (QED) is 0.0370. The van der Waals surface area contributed by atoms with E-state index in [1.807, 2.05) is 122 Å². The number of nitrogens with zero attached hydrogens (tertiary/aromatic N) is 12. The Labute approximate surface area is 868 Å². The fourth-order valence-electron chi connectivity index (χ4n) is 15.3. The third-order valence-corrected chi connectivity index (χ3v) is 24.6. The monoisotopic (exact) mass is 2110 g/mol. The first-order chi connectivity index (χ1) is 70.7. The topological polar surface area (TPSA) is 305 Å². The molecule has 2 aliphatic rings. The average Bonchev–Trinajstić information content (AvgIpc) is 0.815. The maximum absolute atomic E-state index is 13.1. The minimum atomic E-state index is -4.59. The number of nitrogens with one attached hydrogen (secondary N) is 7. The maximum Gasteiger partial charge on any atom is 0.433 e. The minimum Gasteiger partial charge on any atom is -0.354 e. The second-order valence-corrected chi connectivity index (χ2v) is 35.7. The molecule has 2 atom stereocenters. The smallest absolute Gasteiger partial charge is 0.354 e. The first-order valence-electron chi connectivity index (χ1n) is 45.8. The Balaban J connectivity index is 0.000000146. The molecule has 24 nitrogen and oxygen atoms in total. The Hall–Kier alpha value is -15.6. The number of rotatable bonds is 19. The fraction of sp³-hybridized carbons (Fsp3) is 0.165. The number of halogens is 15. The van der Waals surface area contributed by atoms with E-state index in [1.165, 1.54) is 51.1 Å². The summed E-state index contributed by atoms with van der Waals surface area (Å²) in [5.41, 5.74) is 9.90. The summed E-state index contributed by atoms with van der Waals surface area (Å²) in [6.45, 7) is 15.8. The van der Waals surface area contributed by atoms with Crippen molar-refractivity contribution in [3.05, 3.63) is 397 Å². The molecule has 10 aromatic heterocycles. The van der Waals surface area contributed by atoms with Crippen molar-refractivity contribution in [2.75, 3.05) is 75.7 Å². The lowest BCUT2D eigenvalue weighted by Crippen LogP contribution is -2.49. The molecule has 7 N–H and O–H groups in total. The number of carbonyl (C=O) groups is 5. The molecule has 2 aliphatic heterocycles. The second-order valence-electron chi connectivity index (χ2n) is 33.6. The summed E-state index contributed by atoms with van der Waals surface area (Å²) in [5.74, 6) is -0.924. The van der Waals surface area contributed by atoms with Gasteiger partial charge in [-0.15, -0.1) is 0 Å². The van der Waals surface area contributed by atoms with Crippen LogP contribution in [0.4, 0.5) is 84.0 Å². The standard InChI is InChI=1S/C25H17ClF3N3O.2C22H22ClN5O.C21H17ClF3N3O.C19H12ClF4N3O/c1-15-19(9-12-23(31-15)25(27,28)29)24(33)32-18-8-10-21(26)20(13-18)22-11-7-17(14-30-22)16-5-3-2-4-6-16;2*1-15-14-28(11-10-24-15)21-8-5-16(13-26-21)22(29)27-17-6-7-19(23)18(12-17)20-4-2-3-9-25-20;1-3-13-8-9-26-18(10-13)16-11-14(4-6-17(16)22)28-20(29)15-5-7-19(21(23,24)25)27-12(15)2;1-10-13(4-7-17(26-10)19(22,23)24)18(28)27-12-3-5-15(20)14(8-12)16-6-2-11(21)9-25-16/h2-14H,1H3,(H,32,33);2*2-9,12-13,15,24H,10-11,14H2,1H3,(H,27,29);4-11H,3H2,1-2H3,(H,28,29);2-9H,1H3,(H,27,28)/t;2*15-;;/m.10../s1. The van der Waals surface area contributed by atoms with Crippen LogP contribution in [0.15, 0.2) is 298 Å². The van der Waals surface area contributed by atoms with Crippen LogP contribution in [0, 0.1) is 26.6 Å². The molecule has 5 amide bonds. The Kier molecular flexibility index (Phi) is 35.9. The molecule has 18 rings (SSSR count). The lowest BCUT2D eigenvalue weighted by Gasteiger charge is -2.32. The van der Waals surface area contributed by atoms with E-state index in [9.17, 15) is 67.9 Å². The number of hydrogen-bond acceptors (Lipinski definition) is 19. The number of alkyl halides is 9. The molecule has 39 heteroatoms. The van der Waals surface area contributed by atoms with E-state index in [0.29, 0.717) is 111 Å². The molecule has 756 valence electrons. The van der Waals surface area contributed by atoms with Crippen LogP contribution in [0.25, 0.3) is 67.4 Å². The Morgan fingerprint density at radius 1 is 0.345 bits per heavy atom. The maximum atomic E-state index is 13.1. The highest BCUT2D eigenvalue weighted by Gasteiger charge is 2.36. The van der Waals surface area contributed by atoms with Crippen molar-refractivity contribution in [2.24, 2.45) is 0 Å². The van der Waals surface area contributed by atoms with Crippen LogP contribution in [-0.2, 0) is 24.9 Å². The molecule has 6 aromatic carbocycles. The van der Waals surface area contributed by atoms with Gasteiger partial charge in [0.1, 0.15) is 34.5 Å². The molecule has 0 bridgehead atoms.